The van der Waals surface area contributed by atoms with Crippen LogP contribution in [0.1, 0.15) is 6.42 Å². The Balaban J connectivity index is 1.57. The summed E-state index contributed by atoms with van der Waals surface area (Å²) in [5.74, 6) is 0.946. The number of ether oxygens (including phenoxy) is 1. The minimum Gasteiger partial charge on any atom is -0.376 e. The van der Waals surface area contributed by atoms with Crippen molar-refractivity contribution in [1.29, 1.82) is 0 Å². The van der Waals surface area contributed by atoms with Crippen LogP contribution in [-0.2, 0) is 14.8 Å². The molecule has 2 N–H and O–H groups in total. The topological polar surface area (TPSA) is 93.2 Å². The van der Waals surface area contributed by atoms with Gasteiger partial charge in [0, 0.05) is 12.5 Å². The molecule has 4 atom stereocenters. The third kappa shape index (κ3) is 2.77. The predicted molar refractivity (Wildman–Crippen MR) is 86.6 cm³/mol. The van der Waals surface area contributed by atoms with Gasteiger partial charge in [-0.15, -0.1) is 0 Å². The summed E-state index contributed by atoms with van der Waals surface area (Å²) in [6.45, 7) is 0.666. The number of nitrogens with zero attached hydrogens (tertiary/aromatic N) is 2. The molecule has 0 spiro atoms. The lowest BCUT2D eigenvalue weighted by molar-refractivity contribution is -0.00317. The molecule has 1 aromatic carbocycles. The van der Waals surface area contributed by atoms with Gasteiger partial charge in [0.2, 0.25) is 10.0 Å². The first-order valence-corrected chi connectivity index (χ1v) is 9.48. The first-order valence-electron chi connectivity index (χ1n) is 7.58. The van der Waals surface area contributed by atoms with E-state index in [1.165, 1.54) is 6.26 Å². The SMILES string of the molecule is CS(=O)(=O)N[C@@H]1[C@@H](Nc2cnc3ccccc3n2)[C@H]2CCO[C@H]21. The fourth-order valence-corrected chi connectivity index (χ4v) is 4.26. The molecule has 2 fully saturated rings. The smallest absolute Gasteiger partial charge is 0.209 e. The number of nitrogens with one attached hydrogen (secondary N) is 2. The number of hydrogen-bond donors (Lipinski definition) is 2. The Kier molecular flexibility index (Phi) is 3.47. The number of sulfonamides is 1. The average Bonchev–Trinajstić information content (AvgIpc) is 2.94. The van der Waals surface area contributed by atoms with E-state index in [9.17, 15) is 8.42 Å². The maximum atomic E-state index is 11.6. The Labute approximate surface area is 134 Å². The summed E-state index contributed by atoms with van der Waals surface area (Å²) in [6.07, 6.45) is 3.71. The Morgan fingerprint density at radius 3 is 2.78 bits per heavy atom. The van der Waals surface area contributed by atoms with E-state index in [1.807, 2.05) is 24.3 Å². The Hall–Kier alpha value is -1.77. The highest BCUT2D eigenvalue weighted by molar-refractivity contribution is 7.88. The van der Waals surface area contributed by atoms with Crippen molar-refractivity contribution in [2.24, 2.45) is 5.92 Å². The minimum atomic E-state index is -3.29. The van der Waals surface area contributed by atoms with Gasteiger partial charge in [0.1, 0.15) is 5.82 Å². The fraction of sp³-hybridized carbons (Fsp3) is 0.467. The van der Waals surface area contributed by atoms with E-state index in [2.05, 4.69) is 20.0 Å². The van der Waals surface area contributed by atoms with Crippen LogP contribution < -0.4 is 10.0 Å². The molecule has 23 heavy (non-hydrogen) atoms. The Bertz CT molecular complexity index is 841. The summed E-state index contributed by atoms with van der Waals surface area (Å²) < 4.78 is 31.5. The lowest BCUT2D eigenvalue weighted by Crippen LogP contribution is -2.68. The lowest BCUT2D eigenvalue weighted by atomic mass is 9.72. The molecule has 2 aromatic rings. The Morgan fingerprint density at radius 1 is 1.22 bits per heavy atom. The zero-order valence-electron chi connectivity index (χ0n) is 12.6. The zero-order valence-corrected chi connectivity index (χ0v) is 13.5. The second-order valence-corrected chi connectivity index (χ2v) is 7.90. The molecule has 1 aromatic heterocycles. The molecule has 1 saturated heterocycles. The van der Waals surface area contributed by atoms with Gasteiger partial charge in [-0.2, -0.15) is 0 Å². The largest absolute Gasteiger partial charge is 0.376 e. The average molecular weight is 334 g/mol. The molecular weight excluding hydrogens is 316 g/mol. The third-order valence-electron chi connectivity index (χ3n) is 4.50. The number of anilines is 1. The summed E-state index contributed by atoms with van der Waals surface area (Å²) in [4.78, 5) is 8.93. The van der Waals surface area contributed by atoms with Gasteiger partial charge in [-0.3, -0.25) is 4.98 Å². The Morgan fingerprint density at radius 2 is 2.00 bits per heavy atom. The van der Waals surface area contributed by atoms with Gasteiger partial charge in [0.25, 0.3) is 0 Å². The van der Waals surface area contributed by atoms with Gasteiger partial charge in [-0.25, -0.2) is 18.1 Å². The molecule has 8 heteroatoms. The van der Waals surface area contributed by atoms with E-state index in [0.717, 1.165) is 17.5 Å². The second kappa shape index (κ2) is 5.40. The molecule has 1 saturated carbocycles. The number of benzene rings is 1. The van der Waals surface area contributed by atoms with Crippen LogP contribution in [0.5, 0.6) is 0 Å². The van der Waals surface area contributed by atoms with Gasteiger partial charge < -0.3 is 10.1 Å². The van der Waals surface area contributed by atoms with Crippen LogP contribution in [0, 0.1) is 5.92 Å². The van der Waals surface area contributed by atoms with Crippen LogP contribution in [0.2, 0.25) is 0 Å². The second-order valence-electron chi connectivity index (χ2n) is 6.12. The van der Waals surface area contributed by atoms with Crippen molar-refractivity contribution in [3.63, 3.8) is 0 Å². The van der Waals surface area contributed by atoms with Crippen LogP contribution in [0.3, 0.4) is 0 Å². The molecule has 0 amide bonds. The van der Waals surface area contributed by atoms with Crippen molar-refractivity contribution in [2.75, 3.05) is 18.2 Å². The van der Waals surface area contributed by atoms with Gasteiger partial charge in [-0.05, 0) is 18.6 Å². The molecule has 1 aliphatic heterocycles. The van der Waals surface area contributed by atoms with Crippen molar-refractivity contribution < 1.29 is 13.2 Å². The summed E-state index contributed by atoms with van der Waals surface area (Å²) in [6, 6.07) is 7.34. The highest BCUT2D eigenvalue weighted by Crippen LogP contribution is 2.40. The molecule has 0 unspecified atom stereocenters. The highest BCUT2D eigenvalue weighted by atomic mass is 32.2. The third-order valence-corrected chi connectivity index (χ3v) is 5.20. The summed E-state index contributed by atoms with van der Waals surface area (Å²) >= 11 is 0. The van der Waals surface area contributed by atoms with Crippen molar-refractivity contribution in [3.8, 4) is 0 Å². The standard InChI is InChI=1S/C15H18N4O3S/c1-23(20,21)19-14-13(9-6-7-22-15(9)14)18-12-8-16-10-4-2-3-5-11(10)17-12/h2-5,8-9,13-15,19H,6-7H2,1H3,(H,17,18)/t9-,13+,14-,15-/m1/s1. The van der Waals surface area contributed by atoms with Crippen LogP contribution >= 0.6 is 0 Å². The van der Waals surface area contributed by atoms with Gasteiger partial charge in [0.05, 0.1) is 41.7 Å². The normalized spacial score (nSPS) is 30.0. The predicted octanol–water partition coefficient (Wildman–Crippen LogP) is 0.747. The van der Waals surface area contributed by atoms with Crippen LogP contribution in [0.25, 0.3) is 11.0 Å². The molecule has 0 radical (unpaired) electrons. The fourth-order valence-electron chi connectivity index (χ4n) is 3.49. The lowest BCUT2D eigenvalue weighted by Gasteiger charge is -2.47. The molecule has 1 aliphatic carbocycles. The molecule has 2 aliphatic rings. The minimum absolute atomic E-state index is 0.0345. The molecule has 2 heterocycles. The van der Waals surface area contributed by atoms with Crippen LogP contribution in [-0.4, -0.2) is 49.4 Å². The summed E-state index contributed by atoms with van der Waals surface area (Å²) in [5, 5.41) is 3.33. The first-order chi connectivity index (χ1) is 11.0. The summed E-state index contributed by atoms with van der Waals surface area (Å²) in [7, 11) is -3.29. The number of rotatable bonds is 4. The first kappa shape index (κ1) is 14.8. The number of fused-ring (bicyclic) bond motifs is 2. The van der Waals surface area contributed by atoms with Crippen molar-refractivity contribution in [1.82, 2.24) is 14.7 Å². The van der Waals surface area contributed by atoms with Crippen molar-refractivity contribution >= 4 is 26.9 Å². The molecule has 122 valence electrons. The number of para-hydroxylation sites is 2. The van der Waals surface area contributed by atoms with E-state index >= 15 is 0 Å². The maximum Gasteiger partial charge on any atom is 0.209 e. The van der Waals surface area contributed by atoms with Crippen molar-refractivity contribution in [2.45, 2.75) is 24.6 Å². The summed E-state index contributed by atoms with van der Waals surface area (Å²) in [5.41, 5.74) is 1.64. The zero-order chi connectivity index (χ0) is 16.0. The molecule has 4 rings (SSSR count). The van der Waals surface area contributed by atoms with E-state index in [4.69, 9.17) is 4.74 Å². The van der Waals surface area contributed by atoms with E-state index in [-0.39, 0.29) is 18.2 Å². The van der Waals surface area contributed by atoms with Gasteiger partial charge in [0.15, 0.2) is 0 Å². The van der Waals surface area contributed by atoms with Gasteiger partial charge >= 0.3 is 0 Å². The van der Waals surface area contributed by atoms with Crippen molar-refractivity contribution in [3.05, 3.63) is 30.5 Å². The van der Waals surface area contributed by atoms with E-state index in [0.29, 0.717) is 18.3 Å². The maximum absolute atomic E-state index is 11.6. The molecule has 7 nitrogen and oxygen atoms in total. The molecular formula is C15H18N4O3S. The van der Waals surface area contributed by atoms with Crippen LogP contribution in [0.4, 0.5) is 5.82 Å². The number of aromatic nitrogens is 2. The number of hydrogen-bond acceptors (Lipinski definition) is 6. The highest BCUT2D eigenvalue weighted by Gasteiger charge is 2.55. The quantitative estimate of drug-likeness (QED) is 0.857. The monoisotopic (exact) mass is 334 g/mol. The van der Waals surface area contributed by atoms with E-state index < -0.39 is 10.0 Å². The van der Waals surface area contributed by atoms with Crippen LogP contribution in [0.15, 0.2) is 30.5 Å². The van der Waals surface area contributed by atoms with E-state index in [1.54, 1.807) is 6.20 Å². The van der Waals surface area contributed by atoms with Gasteiger partial charge in [-0.1, -0.05) is 12.1 Å². The molecule has 0 bridgehead atoms.